The highest BCUT2D eigenvalue weighted by Crippen LogP contribution is 2.31. The first-order chi connectivity index (χ1) is 9.83. The molecule has 20 heavy (non-hydrogen) atoms. The summed E-state index contributed by atoms with van der Waals surface area (Å²) in [5.41, 5.74) is 9.48. The van der Waals surface area contributed by atoms with Crippen LogP contribution in [0.1, 0.15) is 76.0 Å². The Bertz CT molecular complexity index is 452. The second-order valence-electron chi connectivity index (χ2n) is 5.74. The van der Waals surface area contributed by atoms with Gasteiger partial charge in [0.25, 0.3) is 0 Å². The number of fused-ring (bicyclic) bond motifs is 1. The monoisotopic (exact) mass is 273 g/mol. The van der Waals surface area contributed by atoms with Crippen LogP contribution in [0.3, 0.4) is 0 Å². The van der Waals surface area contributed by atoms with Crippen molar-refractivity contribution in [1.29, 1.82) is 0 Å². The lowest BCUT2D eigenvalue weighted by molar-refractivity contribution is 0.579. The smallest absolute Gasteiger partial charge is 0.130 e. The van der Waals surface area contributed by atoms with E-state index in [1.54, 1.807) is 6.33 Å². The molecule has 2 rings (SSSR count). The Hall–Kier alpha value is -1.38. The highest BCUT2D eigenvalue weighted by Gasteiger charge is 2.17. The molecule has 0 aromatic carbocycles. The summed E-state index contributed by atoms with van der Waals surface area (Å²) < 4.78 is 0. The van der Waals surface area contributed by atoms with Crippen LogP contribution in [0.15, 0.2) is 12.4 Å². The molecule has 0 radical (unpaired) electrons. The summed E-state index contributed by atoms with van der Waals surface area (Å²) in [4.78, 5) is 8.45. The fraction of sp³-hybridized carbons (Fsp3) is 0.647. The van der Waals surface area contributed by atoms with Gasteiger partial charge in [-0.2, -0.15) is 0 Å². The first kappa shape index (κ1) is 15.0. The highest BCUT2D eigenvalue weighted by molar-refractivity contribution is 5.73. The Balaban J connectivity index is 1.63. The minimum atomic E-state index is 0.650. The van der Waals surface area contributed by atoms with Gasteiger partial charge in [0.2, 0.25) is 0 Å². The van der Waals surface area contributed by atoms with E-state index in [-0.39, 0.29) is 0 Å². The van der Waals surface area contributed by atoms with Gasteiger partial charge in [0.1, 0.15) is 12.1 Å². The number of rotatable bonds is 9. The third-order valence-corrected chi connectivity index (χ3v) is 4.14. The van der Waals surface area contributed by atoms with Crippen molar-refractivity contribution in [2.24, 2.45) is 0 Å². The molecule has 110 valence electrons. The van der Waals surface area contributed by atoms with Gasteiger partial charge in [-0.1, -0.05) is 57.9 Å². The molecule has 0 saturated carbocycles. The topological polar surface area (TPSA) is 51.8 Å². The predicted octanol–water partition coefficient (Wildman–Crippen LogP) is 4.53. The standard InChI is InChI=1S/C17H27N3/c1-2-3-4-5-6-7-8-9-10-14-11-12-15-16(14)19-13-20-17(15)18/h11,13H,2-10,12H2,1H3,(H2,18,19,20). The Morgan fingerprint density at radius 3 is 2.45 bits per heavy atom. The summed E-state index contributed by atoms with van der Waals surface area (Å²) in [6, 6.07) is 0. The van der Waals surface area contributed by atoms with E-state index in [2.05, 4.69) is 23.0 Å². The molecule has 3 nitrogen and oxygen atoms in total. The molecule has 1 aliphatic rings. The molecule has 3 heteroatoms. The molecule has 0 fully saturated rings. The van der Waals surface area contributed by atoms with Crippen LogP contribution >= 0.6 is 0 Å². The Kier molecular flexibility index (Phi) is 6.03. The maximum absolute atomic E-state index is 5.88. The zero-order valence-electron chi connectivity index (χ0n) is 12.7. The summed E-state index contributed by atoms with van der Waals surface area (Å²) >= 11 is 0. The third-order valence-electron chi connectivity index (χ3n) is 4.14. The highest BCUT2D eigenvalue weighted by atomic mass is 14.9. The molecule has 1 aromatic heterocycles. The number of nitrogens with zero attached hydrogens (tertiary/aromatic N) is 2. The number of hydrogen-bond donors (Lipinski definition) is 1. The van der Waals surface area contributed by atoms with Crippen molar-refractivity contribution in [3.8, 4) is 0 Å². The maximum atomic E-state index is 5.88. The van der Waals surface area contributed by atoms with E-state index < -0.39 is 0 Å². The van der Waals surface area contributed by atoms with Gasteiger partial charge in [0.15, 0.2) is 0 Å². The van der Waals surface area contributed by atoms with Crippen LogP contribution in [0, 0.1) is 0 Å². The van der Waals surface area contributed by atoms with Crippen molar-refractivity contribution in [2.45, 2.75) is 71.1 Å². The lowest BCUT2D eigenvalue weighted by atomic mass is 10.0. The van der Waals surface area contributed by atoms with E-state index in [0.717, 1.165) is 24.1 Å². The lowest BCUT2D eigenvalue weighted by Crippen LogP contribution is -2.00. The lowest BCUT2D eigenvalue weighted by Gasteiger charge is -2.06. The van der Waals surface area contributed by atoms with E-state index in [0.29, 0.717) is 5.82 Å². The molecule has 0 atom stereocenters. The van der Waals surface area contributed by atoms with Crippen LogP contribution < -0.4 is 5.73 Å². The van der Waals surface area contributed by atoms with E-state index >= 15 is 0 Å². The molecule has 0 saturated heterocycles. The average Bonchev–Trinajstić information content (AvgIpc) is 2.87. The summed E-state index contributed by atoms with van der Waals surface area (Å²) in [5, 5.41) is 0. The molecular weight excluding hydrogens is 246 g/mol. The molecule has 1 aromatic rings. The van der Waals surface area contributed by atoms with Crippen molar-refractivity contribution in [1.82, 2.24) is 9.97 Å². The third kappa shape index (κ3) is 4.06. The minimum absolute atomic E-state index is 0.650. The second-order valence-corrected chi connectivity index (χ2v) is 5.74. The van der Waals surface area contributed by atoms with Crippen LogP contribution in [0.4, 0.5) is 5.82 Å². The number of aromatic nitrogens is 2. The molecule has 0 aliphatic heterocycles. The van der Waals surface area contributed by atoms with Crippen molar-refractivity contribution >= 4 is 11.4 Å². The number of nitrogen functional groups attached to an aromatic ring is 1. The largest absolute Gasteiger partial charge is 0.383 e. The first-order valence-corrected chi connectivity index (χ1v) is 8.11. The van der Waals surface area contributed by atoms with Crippen LogP contribution in [-0.4, -0.2) is 9.97 Å². The summed E-state index contributed by atoms with van der Waals surface area (Å²) in [5.74, 6) is 0.650. The molecule has 0 bridgehead atoms. The molecule has 0 amide bonds. The molecule has 1 aliphatic carbocycles. The molecule has 0 unspecified atom stereocenters. The second kappa shape index (κ2) is 8.03. The molecule has 2 N–H and O–H groups in total. The van der Waals surface area contributed by atoms with Gasteiger partial charge >= 0.3 is 0 Å². The molecule has 1 heterocycles. The number of anilines is 1. The van der Waals surface area contributed by atoms with Crippen molar-refractivity contribution in [3.05, 3.63) is 23.7 Å². The number of allylic oxidation sites excluding steroid dienone is 2. The van der Waals surface area contributed by atoms with Gasteiger partial charge in [-0.25, -0.2) is 9.97 Å². The van der Waals surface area contributed by atoms with Gasteiger partial charge in [-0.15, -0.1) is 0 Å². The van der Waals surface area contributed by atoms with E-state index in [1.165, 1.54) is 56.9 Å². The first-order valence-electron chi connectivity index (χ1n) is 8.11. The number of nitrogens with two attached hydrogens (primary N) is 1. The van der Waals surface area contributed by atoms with Gasteiger partial charge in [-0.05, 0) is 24.8 Å². The minimum Gasteiger partial charge on any atom is -0.383 e. The van der Waals surface area contributed by atoms with Crippen molar-refractivity contribution in [2.75, 3.05) is 5.73 Å². The molecular formula is C17H27N3. The zero-order chi connectivity index (χ0) is 14.2. The van der Waals surface area contributed by atoms with E-state index in [4.69, 9.17) is 5.73 Å². The van der Waals surface area contributed by atoms with Gasteiger partial charge in [0.05, 0.1) is 5.69 Å². The van der Waals surface area contributed by atoms with Gasteiger partial charge in [-0.3, -0.25) is 0 Å². The normalized spacial score (nSPS) is 13.3. The van der Waals surface area contributed by atoms with Gasteiger partial charge in [0, 0.05) is 5.56 Å². The van der Waals surface area contributed by atoms with E-state index in [1.807, 2.05) is 0 Å². The Morgan fingerprint density at radius 2 is 1.70 bits per heavy atom. The van der Waals surface area contributed by atoms with Crippen LogP contribution in [0.5, 0.6) is 0 Å². The fourth-order valence-electron chi connectivity index (χ4n) is 2.90. The Morgan fingerprint density at radius 1 is 1.00 bits per heavy atom. The summed E-state index contributed by atoms with van der Waals surface area (Å²) in [6.45, 7) is 2.27. The fourth-order valence-corrected chi connectivity index (χ4v) is 2.90. The van der Waals surface area contributed by atoms with Crippen LogP contribution in [0.2, 0.25) is 0 Å². The molecule has 0 spiro atoms. The van der Waals surface area contributed by atoms with E-state index in [9.17, 15) is 0 Å². The SMILES string of the molecule is CCCCCCCCCCC1=CCc2c(N)ncnc21. The zero-order valence-corrected chi connectivity index (χ0v) is 12.7. The van der Waals surface area contributed by atoms with Crippen LogP contribution in [-0.2, 0) is 6.42 Å². The van der Waals surface area contributed by atoms with Crippen molar-refractivity contribution < 1.29 is 0 Å². The quantitative estimate of drug-likeness (QED) is 0.672. The average molecular weight is 273 g/mol. The Labute approximate surface area is 122 Å². The maximum Gasteiger partial charge on any atom is 0.130 e. The number of hydrogen-bond acceptors (Lipinski definition) is 3. The summed E-state index contributed by atoms with van der Waals surface area (Å²) in [7, 11) is 0. The van der Waals surface area contributed by atoms with Crippen LogP contribution in [0.25, 0.3) is 5.57 Å². The van der Waals surface area contributed by atoms with Crippen molar-refractivity contribution in [3.63, 3.8) is 0 Å². The number of unbranched alkanes of at least 4 members (excludes halogenated alkanes) is 7. The van der Waals surface area contributed by atoms with Gasteiger partial charge < -0.3 is 5.73 Å². The summed E-state index contributed by atoms with van der Waals surface area (Å²) in [6.07, 6.45) is 16.8. The predicted molar refractivity (Wildman–Crippen MR) is 85.4 cm³/mol.